The third kappa shape index (κ3) is 5.17. The summed E-state index contributed by atoms with van der Waals surface area (Å²) >= 11 is 5.73. The van der Waals surface area contributed by atoms with Crippen LogP contribution in [0.5, 0.6) is 0 Å². The predicted octanol–water partition coefficient (Wildman–Crippen LogP) is 6.31. The molecule has 0 bridgehead atoms. The van der Waals surface area contributed by atoms with Gasteiger partial charge >= 0.3 is 12.2 Å². The van der Waals surface area contributed by atoms with E-state index in [9.17, 15) is 13.2 Å². The number of anilines is 1. The Kier molecular flexibility index (Phi) is 6.21. The fourth-order valence-corrected chi connectivity index (χ4v) is 4.03. The van der Waals surface area contributed by atoms with E-state index in [0.29, 0.717) is 0 Å². The van der Waals surface area contributed by atoms with E-state index in [0.717, 1.165) is 37.1 Å². The number of nitrogens with one attached hydrogen (secondary N) is 1. The van der Waals surface area contributed by atoms with Gasteiger partial charge in [0, 0.05) is 35.8 Å². The second-order valence-corrected chi connectivity index (χ2v) is 8.33. The summed E-state index contributed by atoms with van der Waals surface area (Å²) < 4.78 is 45.8. The molecule has 3 aromatic heterocycles. The molecule has 0 amide bonds. The molecule has 0 fully saturated rings. The molecule has 1 aliphatic rings. The average Bonchev–Trinajstić information content (AvgIpc) is 3.32. The Morgan fingerprint density at radius 3 is 2.49 bits per heavy atom. The van der Waals surface area contributed by atoms with Crippen LogP contribution in [-0.2, 0) is 6.18 Å². The van der Waals surface area contributed by atoms with Crippen molar-refractivity contribution < 1.29 is 17.6 Å². The Labute approximate surface area is 203 Å². The predicted molar refractivity (Wildman–Crippen MR) is 124 cm³/mol. The fraction of sp³-hybridized carbons (Fsp3) is 0.208. The van der Waals surface area contributed by atoms with Crippen LogP contribution in [0.2, 0.25) is 5.28 Å². The number of rotatable bonds is 5. The Bertz CT molecular complexity index is 1360. The van der Waals surface area contributed by atoms with E-state index >= 15 is 0 Å². The summed E-state index contributed by atoms with van der Waals surface area (Å²) in [7, 11) is 0. The topological polar surface area (TPSA) is 89.6 Å². The standard InChI is InChI=1S/C24H18ClF3N6O/c25-22-30-11-16(12-31-22)19-10-17(24(26,27)28)13-29-20(19)21-33-34-23(35-21)32-18-8-4-7-15(9-18)14-5-2-1-3-6-14/h1-3,5-7,10-13,18H,4,8-9H2,(H,32,34). The second kappa shape index (κ2) is 9.46. The highest BCUT2D eigenvalue weighted by Gasteiger charge is 2.32. The maximum atomic E-state index is 13.3. The van der Waals surface area contributed by atoms with E-state index in [1.807, 2.05) is 18.2 Å². The highest BCUT2D eigenvalue weighted by atomic mass is 35.5. The Morgan fingerprint density at radius 1 is 0.971 bits per heavy atom. The van der Waals surface area contributed by atoms with Gasteiger partial charge in [-0.15, -0.1) is 5.10 Å². The molecule has 4 aromatic rings. The minimum atomic E-state index is -4.58. The van der Waals surface area contributed by atoms with Gasteiger partial charge < -0.3 is 9.73 Å². The molecule has 0 aliphatic heterocycles. The highest BCUT2D eigenvalue weighted by Crippen LogP contribution is 2.36. The van der Waals surface area contributed by atoms with Crippen LogP contribution < -0.4 is 5.32 Å². The zero-order chi connectivity index (χ0) is 24.4. The molecule has 3 heterocycles. The highest BCUT2D eigenvalue weighted by molar-refractivity contribution is 6.28. The monoisotopic (exact) mass is 498 g/mol. The smallest absolute Gasteiger partial charge is 0.402 e. The first-order chi connectivity index (χ1) is 16.9. The van der Waals surface area contributed by atoms with Crippen molar-refractivity contribution in [1.29, 1.82) is 0 Å². The number of allylic oxidation sites excluding steroid dienone is 1. The number of aromatic nitrogens is 5. The van der Waals surface area contributed by atoms with Crippen molar-refractivity contribution in [3.05, 3.63) is 77.5 Å². The molecule has 178 valence electrons. The SMILES string of the molecule is FC(F)(F)c1cnc(-c2nnc(NC3CCC=C(c4ccccc4)C3)o2)c(-c2cnc(Cl)nc2)c1. The summed E-state index contributed by atoms with van der Waals surface area (Å²) in [6.45, 7) is 0. The van der Waals surface area contributed by atoms with Crippen molar-refractivity contribution >= 4 is 23.2 Å². The number of pyridine rings is 1. The van der Waals surface area contributed by atoms with Crippen molar-refractivity contribution in [2.45, 2.75) is 31.5 Å². The summed E-state index contributed by atoms with van der Waals surface area (Å²) in [5.41, 5.74) is 1.92. The molecule has 0 radical (unpaired) electrons. The second-order valence-electron chi connectivity index (χ2n) is 7.99. The summed E-state index contributed by atoms with van der Waals surface area (Å²) in [6, 6.07) is 11.3. The van der Waals surface area contributed by atoms with Crippen molar-refractivity contribution in [1.82, 2.24) is 25.1 Å². The first kappa shape index (κ1) is 23.0. The molecule has 1 N–H and O–H groups in total. The van der Waals surface area contributed by atoms with Crippen LogP contribution in [0, 0.1) is 0 Å². The first-order valence-corrected chi connectivity index (χ1v) is 11.1. The molecular weight excluding hydrogens is 481 g/mol. The molecule has 1 unspecified atom stereocenters. The number of hydrogen-bond acceptors (Lipinski definition) is 7. The number of benzene rings is 1. The van der Waals surface area contributed by atoms with Gasteiger partial charge in [0.2, 0.25) is 5.28 Å². The van der Waals surface area contributed by atoms with Gasteiger partial charge in [-0.1, -0.05) is 41.5 Å². The van der Waals surface area contributed by atoms with Crippen LogP contribution in [0.15, 0.2) is 65.5 Å². The van der Waals surface area contributed by atoms with Crippen LogP contribution in [0.25, 0.3) is 28.3 Å². The first-order valence-electron chi connectivity index (χ1n) is 10.8. The van der Waals surface area contributed by atoms with E-state index in [2.05, 4.69) is 48.7 Å². The van der Waals surface area contributed by atoms with Crippen LogP contribution >= 0.6 is 11.6 Å². The molecule has 5 rings (SSSR count). The van der Waals surface area contributed by atoms with Gasteiger partial charge in [0.05, 0.1) is 5.56 Å². The summed E-state index contributed by atoms with van der Waals surface area (Å²) in [5.74, 6) is -0.0270. The molecule has 0 saturated heterocycles. The Morgan fingerprint density at radius 2 is 1.74 bits per heavy atom. The van der Waals surface area contributed by atoms with Gasteiger partial charge in [-0.3, -0.25) is 0 Å². The molecule has 1 atom stereocenters. The lowest BCUT2D eigenvalue weighted by molar-refractivity contribution is -0.137. The summed E-state index contributed by atoms with van der Waals surface area (Å²) in [4.78, 5) is 11.7. The number of nitrogens with zero attached hydrogens (tertiary/aromatic N) is 5. The lowest BCUT2D eigenvalue weighted by Crippen LogP contribution is -2.22. The maximum absolute atomic E-state index is 13.3. The number of halogens is 4. The number of hydrogen-bond donors (Lipinski definition) is 1. The van der Waals surface area contributed by atoms with E-state index in [-0.39, 0.29) is 40.1 Å². The zero-order valence-corrected chi connectivity index (χ0v) is 18.9. The van der Waals surface area contributed by atoms with Gasteiger partial charge in [0.25, 0.3) is 5.89 Å². The van der Waals surface area contributed by atoms with Gasteiger partial charge in [0.1, 0.15) is 5.69 Å². The van der Waals surface area contributed by atoms with Gasteiger partial charge in [-0.25, -0.2) is 15.0 Å². The summed E-state index contributed by atoms with van der Waals surface area (Å²) in [5, 5.41) is 11.3. The molecule has 1 aromatic carbocycles. The van der Waals surface area contributed by atoms with Crippen molar-refractivity contribution in [2.75, 3.05) is 5.32 Å². The minimum Gasteiger partial charge on any atom is -0.402 e. The largest absolute Gasteiger partial charge is 0.417 e. The molecule has 0 saturated carbocycles. The van der Waals surface area contributed by atoms with Crippen molar-refractivity contribution in [2.24, 2.45) is 0 Å². The summed E-state index contributed by atoms with van der Waals surface area (Å²) in [6.07, 6.45) is 3.53. The molecule has 11 heteroatoms. The molecular formula is C24H18ClF3N6O. The molecule has 1 aliphatic carbocycles. The van der Waals surface area contributed by atoms with Crippen molar-refractivity contribution in [3.8, 4) is 22.7 Å². The Balaban J connectivity index is 1.41. The lowest BCUT2D eigenvalue weighted by atomic mass is 9.90. The lowest BCUT2D eigenvalue weighted by Gasteiger charge is -2.23. The van der Waals surface area contributed by atoms with Gasteiger partial charge in [-0.05, 0) is 48.1 Å². The van der Waals surface area contributed by atoms with Crippen LogP contribution in [-0.4, -0.2) is 31.2 Å². The van der Waals surface area contributed by atoms with E-state index in [1.165, 1.54) is 18.0 Å². The average molecular weight is 499 g/mol. The normalized spacial score (nSPS) is 16.1. The van der Waals surface area contributed by atoms with Crippen molar-refractivity contribution in [3.63, 3.8) is 0 Å². The van der Waals surface area contributed by atoms with E-state index in [4.69, 9.17) is 16.0 Å². The Hall–Kier alpha value is -3.79. The van der Waals surface area contributed by atoms with E-state index < -0.39 is 11.7 Å². The van der Waals surface area contributed by atoms with Crippen LogP contribution in [0.4, 0.5) is 19.2 Å². The van der Waals surface area contributed by atoms with Gasteiger partial charge in [-0.2, -0.15) is 13.2 Å². The van der Waals surface area contributed by atoms with Crippen LogP contribution in [0.3, 0.4) is 0 Å². The maximum Gasteiger partial charge on any atom is 0.417 e. The quantitative estimate of drug-likeness (QED) is 0.322. The van der Waals surface area contributed by atoms with Crippen LogP contribution in [0.1, 0.15) is 30.4 Å². The zero-order valence-electron chi connectivity index (χ0n) is 18.1. The third-order valence-electron chi connectivity index (χ3n) is 5.62. The minimum absolute atomic E-state index is 0.0270. The van der Waals surface area contributed by atoms with E-state index in [1.54, 1.807) is 0 Å². The molecule has 35 heavy (non-hydrogen) atoms. The third-order valence-corrected chi connectivity index (χ3v) is 5.81. The number of alkyl halides is 3. The fourth-order valence-electron chi connectivity index (χ4n) is 3.93. The van der Waals surface area contributed by atoms with Gasteiger partial charge in [0.15, 0.2) is 0 Å². The molecule has 0 spiro atoms. The molecule has 7 nitrogen and oxygen atoms in total.